The second-order valence-corrected chi connectivity index (χ2v) is 10.1. The molecule has 8 nitrogen and oxygen atoms in total. The number of aryl methyl sites for hydroxylation is 2. The highest BCUT2D eigenvalue weighted by Gasteiger charge is 2.41. The highest BCUT2D eigenvalue weighted by Crippen LogP contribution is 2.51. The summed E-state index contributed by atoms with van der Waals surface area (Å²) < 4.78 is 17.2. The molecule has 0 saturated heterocycles. The second kappa shape index (κ2) is 8.34. The van der Waals surface area contributed by atoms with Crippen molar-refractivity contribution < 1.29 is 23.9 Å². The van der Waals surface area contributed by atoms with Crippen LogP contribution in [0.1, 0.15) is 47.0 Å². The lowest BCUT2D eigenvalue weighted by molar-refractivity contribution is -0.111. The maximum atomic E-state index is 13.5. The zero-order chi connectivity index (χ0) is 24.3. The Kier molecular flexibility index (Phi) is 5.25. The van der Waals surface area contributed by atoms with Crippen molar-refractivity contribution in [2.45, 2.75) is 39.3 Å². The van der Waals surface area contributed by atoms with Crippen LogP contribution < -0.4 is 14.8 Å². The topological polar surface area (TPSA) is 97.1 Å². The van der Waals surface area contributed by atoms with Crippen LogP contribution in [-0.4, -0.2) is 27.9 Å². The molecular formula is C26H24BrN3O5. The molecule has 2 aliphatic heterocycles. The third-order valence-electron chi connectivity index (χ3n) is 6.78. The number of fused-ring (bicyclic) bond motifs is 2. The van der Waals surface area contributed by atoms with E-state index >= 15 is 0 Å². The van der Waals surface area contributed by atoms with Crippen molar-refractivity contribution in [3.05, 3.63) is 69.1 Å². The minimum Gasteiger partial charge on any atom is -0.508 e. The molecule has 0 bridgehead atoms. The molecule has 1 amide bonds. The first-order valence-corrected chi connectivity index (χ1v) is 12.3. The number of anilines is 1. The van der Waals surface area contributed by atoms with E-state index in [2.05, 4.69) is 31.3 Å². The molecule has 1 fully saturated rings. The van der Waals surface area contributed by atoms with Crippen molar-refractivity contribution in [2.75, 3.05) is 12.1 Å². The van der Waals surface area contributed by atoms with Gasteiger partial charge in [0.1, 0.15) is 17.1 Å². The van der Waals surface area contributed by atoms with Crippen LogP contribution in [0.5, 0.6) is 17.2 Å². The molecule has 1 unspecified atom stereocenters. The normalized spacial score (nSPS) is 18.3. The van der Waals surface area contributed by atoms with Gasteiger partial charge in [-0.25, -0.2) is 0 Å². The minimum atomic E-state index is -0.254. The predicted molar refractivity (Wildman–Crippen MR) is 132 cm³/mol. The quantitative estimate of drug-likeness (QED) is 0.447. The van der Waals surface area contributed by atoms with Crippen LogP contribution in [0.3, 0.4) is 0 Å². The lowest BCUT2D eigenvalue weighted by Gasteiger charge is -2.37. The zero-order valence-electron chi connectivity index (χ0n) is 19.3. The van der Waals surface area contributed by atoms with E-state index in [0.717, 1.165) is 34.0 Å². The number of hydrogen-bond acceptors (Lipinski definition) is 7. The molecule has 0 spiro atoms. The number of amides is 1. The first kappa shape index (κ1) is 22.0. The molecule has 35 heavy (non-hydrogen) atoms. The molecule has 2 aromatic carbocycles. The third-order valence-corrected chi connectivity index (χ3v) is 7.51. The van der Waals surface area contributed by atoms with Gasteiger partial charge in [-0.2, -0.15) is 0 Å². The number of carbonyl (C=O) groups is 1. The molecule has 2 N–H and O–H groups in total. The van der Waals surface area contributed by atoms with Crippen LogP contribution in [0.25, 0.3) is 5.57 Å². The summed E-state index contributed by atoms with van der Waals surface area (Å²) >= 11 is 3.67. The van der Waals surface area contributed by atoms with E-state index in [1.807, 2.05) is 24.4 Å². The van der Waals surface area contributed by atoms with Gasteiger partial charge in [-0.3, -0.25) is 4.79 Å². The van der Waals surface area contributed by atoms with Crippen molar-refractivity contribution >= 4 is 33.1 Å². The van der Waals surface area contributed by atoms with Crippen LogP contribution in [0.4, 0.5) is 5.69 Å². The standard InChI is InChI=1S/C26H24BrN3O5/c1-13-24(14(2)35-29-13)28-26(32)20-11-30(10-16-7-22-23(9-21(16)27)34-12-33-22)25(15-3-4-15)19-8-17(31)5-6-18(19)20/h5-9,11,15,25,31H,3-4,10,12H2,1-2H3,(H,28,32). The molecule has 1 aromatic heterocycles. The highest BCUT2D eigenvalue weighted by atomic mass is 79.9. The summed E-state index contributed by atoms with van der Waals surface area (Å²) in [6, 6.07) is 9.19. The lowest BCUT2D eigenvalue weighted by Crippen LogP contribution is -2.31. The van der Waals surface area contributed by atoms with Gasteiger partial charge in [0.2, 0.25) is 6.79 Å². The monoisotopic (exact) mass is 537 g/mol. The number of ether oxygens (including phenoxy) is 2. The molecular weight excluding hydrogens is 514 g/mol. The zero-order valence-corrected chi connectivity index (χ0v) is 20.9. The number of nitrogens with one attached hydrogen (secondary N) is 1. The van der Waals surface area contributed by atoms with Crippen LogP contribution in [0.2, 0.25) is 0 Å². The highest BCUT2D eigenvalue weighted by molar-refractivity contribution is 9.10. The Labute approximate surface area is 210 Å². The van der Waals surface area contributed by atoms with Gasteiger partial charge in [0.05, 0.1) is 11.6 Å². The largest absolute Gasteiger partial charge is 0.508 e. The summed E-state index contributed by atoms with van der Waals surface area (Å²) in [4.78, 5) is 15.7. The average molecular weight is 538 g/mol. The SMILES string of the molecule is Cc1noc(C)c1NC(=O)C1=CN(Cc2cc3c(cc2Br)OCO3)C(C2CC2)c2cc(O)ccc21. The second-order valence-electron chi connectivity index (χ2n) is 9.22. The Hall–Kier alpha value is -3.46. The number of benzene rings is 2. The number of hydrogen-bond donors (Lipinski definition) is 2. The van der Waals surface area contributed by atoms with Gasteiger partial charge in [-0.1, -0.05) is 27.2 Å². The van der Waals surface area contributed by atoms with E-state index < -0.39 is 0 Å². The van der Waals surface area contributed by atoms with E-state index in [0.29, 0.717) is 46.7 Å². The average Bonchev–Trinajstić information content (AvgIpc) is 3.49. The van der Waals surface area contributed by atoms with Gasteiger partial charge in [0, 0.05) is 17.2 Å². The molecule has 1 aliphatic carbocycles. The van der Waals surface area contributed by atoms with Crippen molar-refractivity contribution in [3.8, 4) is 17.2 Å². The Balaban J connectivity index is 1.41. The Morgan fingerprint density at radius 2 is 1.97 bits per heavy atom. The van der Waals surface area contributed by atoms with E-state index in [4.69, 9.17) is 14.0 Å². The minimum absolute atomic E-state index is 0.0463. The van der Waals surface area contributed by atoms with E-state index in [1.54, 1.807) is 26.0 Å². The van der Waals surface area contributed by atoms with Crippen LogP contribution in [-0.2, 0) is 11.3 Å². The van der Waals surface area contributed by atoms with Crippen molar-refractivity contribution in [1.82, 2.24) is 10.1 Å². The first-order chi connectivity index (χ1) is 16.9. The van der Waals surface area contributed by atoms with Crippen molar-refractivity contribution in [2.24, 2.45) is 5.92 Å². The summed E-state index contributed by atoms with van der Waals surface area (Å²) in [6.07, 6.45) is 4.15. The van der Waals surface area contributed by atoms with Gasteiger partial charge in [0.15, 0.2) is 17.3 Å². The smallest absolute Gasteiger partial charge is 0.257 e. The van der Waals surface area contributed by atoms with E-state index in [9.17, 15) is 9.90 Å². The Morgan fingerprint density at radius 1 is 1.20 bits per heavy atom. The molecule has 9 heteroatoms. The van der Waals surface area contributed by atoms with Gasteiger partial charge in [-0.15, -0.1) is 0 Å². The van der Waals surface area contributed by atoms with E-state index in [-0.39, 0.29) is 24.5 Å². The number of rotatable bonds is 5. The van der Waals surface area contributed by atoms with Crippen LogP contribution in [0.15, 0.2) is 45.5 Å². The maximum absolute atomic E-state index is 13.5. The summed E-state index contributed by atoms with van der Waals surface area (Å²) in [6.45, 7) is 4.32. The summed E-state index contributed by atoms with van der Waals surface area (Å²) in [5.74, 6) is 2.35. The summed E-state index contributed by atoms with van der Waals surface area (Å²) in [5, 5.41) is 17.3. The van der Waals surface area contributed by atoms with E-state index in [1.165, 1.54) is 0 Å². The summed E-state index contributed by atoms with van der Waals surface area (Å²) in [5.41, 5.74) is 4.51. The van der Waals surface area contributed by atoms with Gasteiger partial charge in [0.25, 0.3) is 5.91 Å². The fourth-order valence-electron chi connectivity index (χ4n) is 4.92. The van der Waals surface area contributed by atoms with Crippen molar-refractivity contribution in [3.63, 3.8) is 0 Å². The van der Waals surface area contributed by atoms with Crippen LogP contribution in [0, 0.1) is 19.8 Å². The molecule has 1 atom stereocenters. The molecule has 6 rings (SSSR count). The fourth-order valence-corrected chi connectivity index (χ4v) is 5.36. The predicted octanol–water partition coefficient (Wildman–Crippen LogP) is 5.43. The van der Waals surface area contributed by atoms with Crippen molar-refractivity contribution in [1.29, 1.82) is 0 Å². The molecule has 0 radical (unpaired) electrons. The number of carbonyl (C=O) groups excluding carboxylic acids is 1. The number of aromatic hydroxyl groups is 1. The maximum Gasteiger partial charge on any atom is 0.257 e. The van der Waals surface area contributed by atoms with Gasteiger partial charge < -0.3 is 29.3 Å². The number of halogens is 1. The Morgan fingerprint density at radius 3 is 2.69 bits per heavy atom. The molecule has 180 valence electrons. The lowest BCUT2D eigenvalue weighted by atomic mass is 9.87. The number of phenols is 1. The van der Waals surface area contributed by atoms with Gasteiger partial charge >= 0.3 is 0 Å². The number of aromatic nitrogens is 1. The number of phenolic OH excluding ortho intramolecular Hbond substituents is 1. The van der Waals surface area contributed by atoms with Crippen LogP contribution >= 0.6 is 15.9 Å². The molecule has 1 saturated carbocycles. The van der Waals surface area contributed by atoms with Gasteiger partial charge in [-0.05, 0) is 73.6 Å². The first-order valence-electron chi connectivity index (χ1n) is 11.5. The third kappa shape index (κ3) is 3.93. The summed E-state index contributed by atoms with van der Waals surface area (Å²) in [7, 11) is 0. The molecule has 3 aromatic rings. The molecule has 3 aliphatic rings. The number of nitrogens with zero attached hydrogens (tertiary/aromatic N) is 2. The fraction of sp³-hybridized carbons (Fsp3) is 0.308. The Bertz CT molecular complexity index is 1360. The molecule has 3 heterocycles.